The van der Waals surface area contributed by atoms with Gasteiger partial charge >= 0.3 is 0 Å². The van der Waals surface area contributed by atoms with Crippen LogP contribution in [0.15, 0.2) is 41.3 Å². The Bertz CT molecular complexity index is 940. The predicted octanol–water partition coefficient (Wildman–Crippen LogP) is 4.26. The standard InChI is InChI=1S/C21H21NO4S2/c1-13-4-5-14(2)17(10-13)26-9-8-25-16-7-6-15(11-18(16)24-3)12-19-20(23)22-21(27)28-19/h4-7,10-12H,8-9H2,1-3H3,(H,22,23,27)/b19-12-. The Balaban J connectivity index is 1.61. The van der Waals surface area contributed by atoms with Gasteiger partial charge in [0.1, 0.15) is 23.3 Å². The number of benzene rings is 2. The summed E-state index contributed by atoms with van der Waals surface area (Å²) in [6.45, 7) is 4.86. The second kappa shape index (κ2) is 9.12. The smallest absolute Gasteiger partial charge is 0.263 e. The molecule has 0 atom stereocenters. The van der Waals surface area contributed by atoms with Gasteiger partial charge in [0.25, 0.3) is 5.91 Å². The number of aryl methyl sites for hydroxylation is 2. The van der Waals surface area contributed by atoms with Crippen LogP contribution in [0.2, 0.25) is 0 Å². The molecule has 0 bridgehead atoms. The molecule has 1 saturated heterocycles. The minimum absolute atomic E-state index is 0.183. The highest BCUT2D eigenvalue weighted by molar-refractivity contribution is 8.26. The first-order valence-electron chi connectivity index (χ1n) is 8.72. The minimum atomic E-state index is -0.183. The van der Waals surface area contributed by atoms with Crippen molar-refractivity contribution in [3.8, 4) is 17.2 Å². The molecule has 3 rings (SSSR count). The summed E-state index contributed by atoms with van der Waals surface area (Å²) in [6, 6.07) is 11.6. The van der Waals surface area contributed by atoms with Crippen LogP contribution in [-0.4, -0.2) is 30.6 Å². The number of thioether (sulfide) groups is 1. The first kappa shape index (κ1) is 20.2. The monoisotopic (exact) mass is 415 g/mol. The quantitative estimate of drug-likeness (QED) is 0.414. The highest BCUT2D eigenvalue weighted by Gasteiger charge is 2.22. The number of thiocarbonyl (C=S) groups is 1. The average molecular weight is 416 g/mol. The Hall–Kier alpha value is -2.51. The Morgan fingerprint density at radius 1 is 1.04 bits per heavy atom. The lowest BCUT2D eigenvalue weighted by Gasteiger charge is -2.13. The van der Waals surface area contributed by atoms with Crippen LogP contribution in [0.4, 0.5) is 0 Å². The van der Waals surface area contributed by atoms with Crippen molar-refractivity contribution in [3.63, 3.8) is 0 Å². The summed E-state index contributed by atoms with van der Waals surface area (Å²) in [5, 5.41) is 2.60. The van der Waals surface area contributed by atoms with E-state index in [4.69, 9.17) is 26.4 Å². The molecule has 0 aliphatic carbocycles. The van der Waals surface area contributed by atoms with E-state index in [1.54, 1.807) is 13.2 Å². The number of rotatable bonds is 7. The largest absolute Gasteiger partial charge is 0.493 e. The topological polar surface area (TPSA) is 56.8 Å². The van der Waals surface area contributed by atoms with Gasteiger partial charge in [0.15, 0.2) is 11.5 Å². The number of hydrogen-bond donors (Lipinski definition) is 1. The molecule has 1 aliphatic heterocycles. The van der Waals surface area contributed by atoms with Crippen molar-refractivity contribution in [3.05, 3.63) is 58.0 Å². The van der Waals surface area contributed by atoms with Crippen molar-refractivity contribution in [2.45, 2.75) is 13.8 Å². The van der Waals surface area contributed by atoms with Crippen LogP contribution in [-0.2, 0) is 4.79 Å². The van der Waals surface area contributed by atoms with E-state index in [-0.39, 0.29) is 5.91 Å². The second-order valence-corrected chi connectivity index (χ2v) is 7.95. The molecule has 5 nitrogen and oxygen atoms in total. The fraction of sp³-hybridized carbons (Fsp3) is 0.238. The molecule has 0 spiro atoms. The molecule has 1 N–H and O–H groups in total. The van der Waals surface area contributed by atoms with Crippen molar-refractivity contribution in [1.29, 1.82) is 0 Å². The molecule has 1 fully saturated rings. The van der Waals surface area contributed by atoms with Gasteiger partial charge in [-0.15, -0.1) is 0 Å². The Morgan fingerprint density at radius 3 is 2.46 bits per heavy atom. The van der Waals surface area contributed by atoms with Crippen LogP contribution in [0, 0.1) is 13.8 Å². The highest BCUT2D eigenvalue weighted by Crippen LogP contribution is 2.31. The van der Waals surface area contributed by atoms with Crippen molar-refractivity contribution in [1.82, 2.24) is 5.32 Å². The molecule has 0 radical (unpaired) electrons. The summed E-state index contributed by atoms with van der Waals surface area (Å²) in [6.07, 6.45) is 1.77. The lowest BCUT2D eigenvalue weighted by atomic mass is 10.1. The van der Waals surface area contributed by atoms with E-state index in [1.807, 2.05) is 44.2 Å². The van der Waals surface area contributed by atoms with E-state index >= 15 is 0 Å². The van der Waals surface area contributed by atoms with Crippen LogP contribution in [0.25, 0.3) is 6.08 Å². The number of nitrogens with one attached hydrogen (secondary N) is 1. The molecule has 0 saturated carbocycles. The van der Waals surface area contributed by atoms with Gasteiger partial charge in [-0.25, -0.2) is 0 Å². The highest BCUT2D eigenvalue weighted by atomic mass is 32.2. The van der Waals surface area contributed by atoms with Crippen LogP contribution in [0.3, 0.4) is 0 Å². The molecular formula is C21H21NO4S2. The lowest BCUT2D eigenvalue weighted by molar-refractivity contribution is -0.115. The molecule has 1 amide bonds. The molecule has 28 heavy (non-hydrogen) atoms. The number of carbonyl (C=O) groups is 1. The van der Waals surface area contributed by atoms with Gasteiger partial charge in [-0.3, -0.25) is 4.79 Å². The van der Waals surface area contributed by atoms with Crippen molar-refractivity contribution < 1.29 is 19.0 Å². The Morgan fingerprint density at radius 2 is 1.79 bits per heavy atom. The van der Waals surface area contributed by atoms with E-state index in [9.17, 15) is 4.79 Å². The van der Waals surface area contributed by atoms with Gasteiger partial charge in [0.2, 0.25) is 0 Å². The van der Waals surface area contributed by atoms with Crippen molar-refractivity contribution >= 4 is 40.3 Å². The average Bonchev–Trinajstić information content (AvgIpc) is 2.99. The molecule has 2 aromatic carbocycles. The molecule has 1 aliphatic rings. The van der Waals surface area contributed by atoms with Crippen LogP contribution in [0.5, 0.6) is 17.2 Å². The summed E-state index contributed by atoms with van der Waals surface area (Å²) < 4.78 is 17.5. The zero-order chi connectivity index (χ0) is 20.1. The van der Waals surface area contributed by atoms with Gasteiger partial charge in [-0.05, 0) is 54.8 Å². The third-order valence-corrected chi connectivity index (χ3v) is 5.23. The van der Waals surface area contributed by atoms with Gasteiger partial charge in [-0.1, -0.05) is 42.2 Å². The zero-order valence-corrected chi connectivity index (χ0v) is 17.5. The molecule has 0 aromatic heterocycles. The van der Waals surface area contributed by atoms with Gasteiger partial charge in [-0.2, -0.15) is 0 Å². The molecule has 146 valence electrons. The van der Waals surface area contributed by atoms with E-state index < -0.39 is 0 Å². The van der Waals surface area contributed by atoms with E-state index in [0.717, 1.165) is 22.4 Å². The number of hydrogen-bond acceptors (Lipinski definition) is 6. The van der Waals surface area contributed by atoms with Crippen molar-refractivity contribution in [2.75, 3.05) is 20.3 Å². The fourth-order valence-electron chi connectivity index (χ4n) is 2.63. The van der Waals surface area contributed by atoms with Gasteiger partial charge < -0.3 is 19.5 Å². The zero-order valence-electron chi connectivity index (χ0n) is 15.9. The van der Waals surface area contributed by atoms with Crippen LogP contribution in [0.1, 0.15) is 16.7 Å². The number of amides is 1. The lowest BCUT2D eigenvalue weighted by Crippen LogP contribution is -2.17. The molecule has 1 heterocycles. The third-order valence-electron chi connectivity index (χ3n) is 4.07. The minimum Gasteiger partial charge on any atom is -0.493 e. The third kappa shape index (κ3) is 5.05. The first-order valence-corrected chi connectivity index (χ1v) is 9.94. The van der Waals surface area contributed by atoms with E-state index in [2.05, 4.69) is 11.4 Å². The van der Waals surface area contributed by atoms with Gasteiger partial charge in [0.05, 0.1) is 12.0 Å². The maximum absolute atomic E-state index is 11.8. The first-order chi connectivity index (χ1) is 13.5. The van der Waals surface area contributed by atoms with Crippen molar-refractivity contribution in [2.24, 2.45) is 0 Å². The Labute approximate surface area is 174 Å². The van der Waals surface area contributed by atoms with E-state index in [0.29, 0.717) is 33.9 Å². The van der Waals surface area contributed by atoms with Crippen LogP contribution >= 0.6 is 24.0 Å². The van der Waals surface area contributed by atoms with E-state index in [1.165, 1.54) is 11.8 Å². The summed E-state index contributed by atoms with van der Waals surface area (Å²) >= 11 is 6.25. The summed E-state index contributed by atoms with van der Waals surface area (Å²) in [4.78, 5) is 12.3. The predicted molar refractivity (Wildman–Crippen MR) is 116 cm³/mol. The molecule has 2 aromatic rings. The summed E-state index contributed by atoms with van der Waals surface area (Å²) in [5.74, 6) is 1.89. The summed E-state index contributed by atoms with van der Waals surface area (Å²) in [7, 11) is 1.58. The number of carbonyl (C=O) groups excluding carboxylic acids is 1. The second-order valence-electron chi connectivity index (χ2n) is 6.23. The summed E-state index contributed by atoms with van der Waals surface area (Å²) in [5.41, 5.74) is 3.08. The fourth-order valence-corrected chi connectivity index (χ4v) is 3.68. The molecular weight excluding hydrogens is 394 g/mol. The maximum atomic E-state index is 11.8. The van der Waals surface area contributed by atoms with Gasteiger partial charge in [0, 0.05) is 0 Å². The Kier molecular flexibility index (Phi) is 6.59. The number of methoxy groups -OCH3 is 1. The molecule has 7 heteroatoms. The SMILES string of the molecule is COc1cc(/C=C2\SC(=S)NC2=O)ccc1OCCOc1cc(C)ccc1C. The molecule has 0 unspecified atom stereocenters. The maximum Gasteiger partial charge on any atom is 0.263 e. The normalized spacial score (nSPS) is 14.9. The van der Waals surface area contributed by atoms with Crippen LogP contribution < -0.4 is 19.5 Å². The number of ether oxygens (including phenoxy) is 3.